The fourth-order valence-electron chi connectivity index (χ4n) is 2.95. The second-order valence-corrected chi connectivity index (χ2v) is 5.71. The molecule has 0 unspecified atom stereocenters. The third-order valence-corrected chi connectivity index (χ3v) is 4.10. The zero-order valence-electron chi connectivity index (χ0n) is 12.1. The minimum absolute atomic E-state index is 0.0731. The van der Waals surface area contributed by atoms with E-state index in [1.54, 1.807) is 19.1 Å². The molecule has 1 aromatic rings. The summed E-state index contributed by atoms with van der Waals surface area (Å²) in [6, 6.07) is 4.98. The molecule has 1 aliphatic rings. The van der Waals surface area contributed by atoms with Gasteiger partial charge in [0.15, 0.2) is 0 Å². The number of rotatable bonds is 5. The van der Waals surface area contributed by atoms with Crippen molar-refractivity contribution in [2.45, 2.75) is 38.7 Å². The van der Waals surface area contributed by atoms with E-state index in [0.717, 1.165) is 6.54 Å². The number of nitro benzene ring substituents is 1. The largest absolute Gasteiger partial charge is 0.389 e. The van der Waals surface area contributed by atoms with Crippen LogP contribution in [0.2, 0.25) is 0 Å². The van der Waals surface area contributed by atoms with Crippen LogP contribution in [0.5, 0.6) is 0 Å². The Hall–Kier alpha value is -1.62. The van der Waals surface area contributed by atoms with Crippen LogP contribution in [0.15, 0.2) is 18.2 Å². The van der Waals surface area contributed by atoms with Crippen molar-refractivity contribution in [3.8, 4) is 0 Å². The second-order valence-electron chi connectivity index (χ2n) is 5.71. The average molecular weight is 278 g/mol. The SMILES string of the molecule is C[C@@H](O)c1ccc(N(C)CC2CCCC2)c([N+](=O)[O-])c1. The molecule has 5 nitrogen and oxygen atoms in total. The second kappa shape index (κ2) is 6.22. The summed E-state index contributed by atoms with van der Waals surface area (Å²) in [5.41, 5.74) is 1.28. The molecule has 20 heavy (non-hydrogen) atoms. The number of hydrogen-bond donors (Lipinski definition) is 1. The number of nitrogens with zero attached hydrogens (tertiary/aromatic N) is 2. The predicted molar refractivity (Wildman–Crippen MR) is 79.0 cm³/mol. The van der Waals surface area contributed by atoms with Gasteiger partial charge in [0, 0.05) is 19.7 Å². The molecule has 1 atom stereocenters. The molecular weight excluding hydrogens is 256 g/mol. The minimum Gasteiger partial charge on any atom is -0.389 e. The Labute approximate surface area is 119 Å². The number of hydrogen-bond acceptors (Lipinski definition) is 4. The molecule has 1 aromatic carbocycles. The highest BCUT2D eigenvalue weighted by atomic mass is 16.6. The summed E-state index contributed by atoms with van der Waals surface area (Å²) < 4.78 is 0. The lowest BCUT2D eigenvalue weighted by Gasteiger charge is -2.23. The molecule has 1 fully saturated rings. The van der Waals surface area contributed by atoms with E-state index in [-0.39, 0.29) is 10.6 Å². The molecule has 0 saturated heterocycles. The van der Waals surface area contributed by atoms with Crippen molar-refractivity contribution in [3.63, 3.8) is 0 Å². The lowest BCUT2D eigenvalue weighted by Crippen LogP contribution is -2.24. The van der Waals surface area contributed by atoms with Gasteiger partial charge in [-0.15, -0.1) is 0 Å². The van der Waals surface area contributed by atoms with Crippen molar-refractivity contribution in [2.24, 2.45) is 5.92 Å². The van der Waals surface area contributed by atoms with Gasteiger partial charge in [-0.25, -0.2) is 0 Å². The van der Waals surface area contributed by atoms with Crippen LogP contribution in [-0.4, -0.2) is 23.6 Å². The highest BCUT2D eigenvalue weighted by molar-refractivity contribution is 5.64. The fourth-order valence-corrected chi connectivity index (χ4v) is 2.95. The quantitative estimate of drug-likeness (QED) is 0.663. The Balaban J connectivity index is 2.22. The standard InChI is InChI=1S/C15H22N2O3/c1-11(18)13-7-8-14(15(9-13)17(19)20)16(2)10-12-5-3-4-6-12/h7-9,11-12,18H,3-6,10H2,1-2H3/t11-/m1/s1. The van der Waals surface area contributed by atoms with E-state index in [1.807, 2.05) is 11.9 Å². The van der Waals surface area contributed by atoms with Crippen molar-refractivity contribution < 1.29 is 10.0 Å². The van der Waals surface area contributed by atoms with Crippen LogP contribution in [0.3, 0.4) is 0 Å². The number of aliphatic hydroxyl groups is 1. The molecule has 0 spiro atoms. The van der Waals surface area contributed by atoms with Gasteiger partial charge >= 0.3 is 0 Å². The molecular formula is C15H22N2O3. The highest BCUT2D eigenvalue weighted by Gasteiger charge is 2.22. The fraction of sp³-hybridized carbons (Fsp3) is 0.600. The predicted octanol–water partition coefficient (Wildman–Crippen LogP) is 3.27. The molecule has 5 heteroatoms. The molecule has 0 bridgehead atoms. The molecule has 0 amide bonds. The number of anilines is 1. The third kappa shape index (κ3) is 3.28. The van der Waals surface area contributed by atoms with Gasteiger partial charge in [-0.1, -0.05) is 18.9 Å². The Kier molecular flexibility index (Phi) is 4.60. The Bertz CT molecular complexity index is 482. The van der Waals surface area contributed by atoms with Crippen LogP contribution in [0, 0.1) is 16.0 Å². The zero-order chi connectivity index (χ0) is 14.7. The highest BCUT2D eigenvalue weighted by Crippen LogP contribution is 2.33. The first-order valence-electron chi connectivity index (χ1n) is 7.16. The van der Waals surface area contributed by atoms with Gasteiger partial charge in [0.1, 0.15) is 5.69 Å². The zero-order valence-corrected chi connectivity index (χ0v) is 12.1. The summed E-state index contributed by atoms with van der Waals surface area (Å²) >= 11 is 0. The number of aliphatic hydroxyl groups excluding tert-OH is 1. The van der Waals surface area contributed by atoms with E-state index in [9.17, 15) is 15.2 Å². The molecule has 1 N–H and O–H groups in total. The molecule has 0 aromatic heterocycles. The van der Waals surface area contributed by atoms with E-state index in [4.69, 9.17) is 0 Å². The number of nitro groups is 1. The summed E-state index contributed by atoms with van der Waals surface area (Å²) in [6.45, 7) is 2.47. The van der Waals surface area contributed by atoms with E-state index >= 15 is 0 Å². The minimum atomic E-state index is -0.692. The maximum Gasteiger partial charge on any atom is 0.292 e. The van der Waals surface area contributed by atoms with Gasteiger partial charge in [-0.2, -0.15) is 0 Å². The topological polar surface area (TPSA) is 66.6 Å². The van der Waals surface area contributed by atoms with Crippen LogP contribution in [0.4, 0.5) is 11.4 Å². The van der Waals surface area contributed by atoms with Crippen LogP contribution < -0.4 is 4.90 Å². The first-order valence-corrected chi connectivity index (χ1v) is 7.16. The molecule has 2 rings (SSSR count). The molecule has 0 aliphatic heterocycles. The maximum absolute atomic E-state index is 11.2. The summed E-state index contributed by atoms with van der Waals surface area (Å²) in [5, 5.41) is 20.8. The maximum atomic E-state index is 11.2. The Morgan fingerprint density at radius 3 is 2.65 bits per heavy atom. The van der Waals surface area contributed by atoms with Crippen molar-refractivity contribution in [3.05, 3.63) is 33.9 Å². The van der Waals surface area contributed by atoms with Gasteiger partial charge in [0.05, 0.1) is 11.0 Å². The Morgan fingerprint density at radius 2 is 2.10 bits per heavy atom. The molecule has 110 valence electrons. The first-order chi connectivity index (χ1) is 9.49. The normalized spacial score (nSPS) is 17.1. The van der Waals surface area contributed by atoms with Crippen LogP contribution in [0.1, 0.15) is 44.3 Å². The van der Waals surface area contributed by atoms with E-state index in [0.29, 0.717) is 17.2 Å². The molecule has 1 aliphatic carbocycles. The smallest absolute Gasteiger partial charge is 0.292 e. The summed E-state index contributed by atoms with van der Waals surface area (Å²) in [7, 11) is 1.91. The average Bonchev–Trinajstić information content (AvgIpc) is 2.90. The third-order valence-electron chi connectivity index (χ3n) is 4.10. The van der Waals surface area contributed by atoms with E-state index in [2.05, 4.69) is 0 Å². The molecule has 1 saturated carbocycles. The first kappa shape index (κ1) is 14.8. The van der Waals surface area contributed by atoms with Crippen molar-refractivity contribution in [1.29, 1.82) is 0 Å². The van der Waals surface area contributed by atoms with Crippen LogP contribution in [0.25, 0.3) is 0 Å². The summed E-state index contributed by atoms with van der Waals surface area (Å²) in [4.78, 5) is 12.8. The van der Waals surface area contributed by atoms with Gasteiger partial charge in [-0.3, -0.25) is 10.1 Å². The van der Waals surface area contributed by atoms with Crippen molar-refractivity contribution in [1.82, 2.24) is 0 Å². The number of benzene rings is 1. The summed E-state index contributed by atoms with van der Waals surface area (Å²) in [6.07, 6.45) is 4.26. The van der Waals surface area contributed by atoms with E-state index < -0.39 is 6.10 Å². The molecule has 0 heterocycles. The summed E-state index contributed by atoms with van der Waals surface area (Å²) in [5.74, 6) is 0.635. The lowest BCUT2D eigenvalue weighted by atomic mass is 10.1. The van der Waals surface area contributed by atoms with Gasteiger partial charge in [-0.05, 0) is 37.3 Å². The van der Waals surface area contributed by atoms with Crippen LogP contribution >= 0.6 is 0 Å². The molecule has 0 radical (unpaired) electrons. The van der Waals surface area contributed by atoms with Crippen molar-refractivity contribution >= 4 is 11.4 Å². The van der Waals surface area contributed by atoms with Gasteiger partial charge in [0.25, 0.3) is 5.69 Å². The van der Waals surface area contributed by atoms with Gasteiger partial charge in [0.2, 0.25) is 0 Å². The van der Waals surface area contributed by atoms with Crippen LogP contribution in [-0.2, 0) is 0 Å². The Morgan fingerprint density at radius 1 is 1.45 bits per heavy atom. The van der Waals surface area contributed by atoms with Crippen molar-refractivity contribution in [2.75, 3.05) is 18.5 Å². The monoisotopic (exact) mass is 278 g/mol. The van der Waals surface area contributed by atoms with Gasteiger partial charge < -0.3 is 10.0 Å². The van der Waals surface area contributed by atoms with E-state index in [1.165, 1.54) is 31.7 Å². The lowest BCUT2D eigenvalue weighted by molar-refractivity contribution is -0.384.